The highest BCUT2D eigenvalue weighted by atomic mass is 16.5. The maximum atomic E-state index is 11.2. The minimum atomic E-state index is -1.19. The molecule has 0 radical (unpaired) electrons. The van der Waals surface area contributed by atoms with Gasteiger partial charge in [-0.25, -0.2) is 9.59 Å². The molecule has 0 aromatic heterocycles. The zero-order valence-electron chi connectivity index (χ0n) is 9.65. The van der Waals surface area contributed by atoms with Crippen molar-refractivity contribution in [3.05, 3.63) is 12.7 Å². The highest BCUT2D eigenvalue weighted by Crippen LogP contribution is 2.14. The lowest BCUT2D eigenvalue weighted by Crippen LogP contribution is -2.55. The summed E-state index contributed by atoms with van der Waals surface area (Å²) in [6.45, 7) is 6.50. The van der Waals surface area contributed by atoms with Crippen molar-refractivity contribution in [2.45, 2.75) is 25.5 Å². The van der Waals surface area contributed by atoms with Crippen LogP contribution in [-0.4, -0.2) is 42.5 Å². The second-order valence-electron chi connectivity index (χ2n) is 3.61. The maximum absolute atomic E-state index is 11.2. The van der Waals surface area contributed by atoms with Crippen LogP contribution < -0.4 is 5.32 Å². The summed E-state index contributed by atoms with van der Waals surface area (Å²) in [4.78, 5) is 22.1. The number of hydrogen-bond acceptors (Lipinski definition) is 4. The molecule has 0 heterocycles. The number of nitrogens with one attached hydrogen (secondary N) is 1. The molecule has 2 N–H and O–H groups in total. The summed E-state index contributed by atoms with van der Waals surface area (Å²) in [5, 5.41) is 11.2. The van der Waals surface area contributed by atoms with Crippen LogP contribution in [0.1, 0.15) is 13.8 Å². The largest absolute Gasteiger partial charge is 0.480 e. The van der Waals surface area contributed by atoms with Gasteiger partial charge in [0.25, 0.3) is 0 Å². The summed E-state index contributed by atoms with van der Waals surface area (Å²) < 4.78 is 9.62. The number of carbonyl (C=O) groups is 2. The Bertz CT molecular complexity index is 274. The van der Waals surface area contributed by atoms with E-state index in [0.717, 1.165) is 0 Å². The van der Waals surface area contributed by atoms with Gasteiger partial charge in [-0.05, 0) is 13.8 Å². The summed E-state index contributed by atoms with van der Waals surface area (Å²) in [5.74, 6) is -1.19. The number of carboxylic acids is 1. The van der Waals surface area contributed by atoms with Crippen molar-refractivity contribution in [3.63, 3.8) is 0 Å². The van der Waals surface area contributed by atoms with Crippen LogP contribution >= 0.6 is 0 Å². The zero-order valence-corrected chi connectivity index (χ0v) is 9.65. The molecule has 0 aromatic rings. The first kappa shape index (κ1) is 14.4. The van der Waals surface area contributed by atoms with Crippen LogP contribution in [0.25, 0.3) is 0 Å². The van der Waals surface area contributed by atoms with Crippen molar-refractivity contribution in [1.29, 1.82) is 0 Å². The number of amides is 1. The van der Waals surface area contributed by atoms with E-state index in [4.69, 9.17) is 9.84 Å². The summed E-state index contributed by atoms with van der Waals surface area (Å²) in [6.07, 6.45) is 0.564. The fourth-order valence-corrected chi connectivity index (χ4v) is 0.945. The number of hydrogen-bond donors (Lipinski definition) is 2. The lowest BCUT2D eigenvalue weighted by Gasteiger charge is -2.29. The van der Waals surface area contributed by atoms with Gasteiger partial charge in [0, 0.05) is 7.11 Å². The van der Waals surface area contributed by atoms with E-state index in [1.54, 1.807) is 13.8 Å². The molecule has 92 valence electrons. The molecule has 1 amide bonds. The van der Waals surface area contributed by atoms with Gasteiger partial charge in [0.05, 0.1) is 5.60 Å². The van der Waals surface area contributed by atoms with Crippen LogP contribution in [0.5, 0.6) is 0 Å². The van der Waals surface area contributed by atoms with Crippen LogP contribution in [0.2, 0.25) is 0 Å². The van der Waals surface area contributed by atoms with E-state index >= 15 is 0 Å². The quantitative estimate of drug-likeness (QED) is 0.660. The fraction of sp³-hybridized carbons (Fsp3) is 0.600. The monoisotopic (exact) mass is 231 g/mol. The standard InChI is InChI=1S/C10H17NO5/c1-5-6-16-9(14)11-7(8(12)13)10(2,3)15-4/h5,7H,1,6H2,2-4H3,(H,11,14)(H,12,13)/t7-/m1/s1. The fourth-order valence-electron chi connectivity index (χ4n) is 0.945. The molecule has 0 aliphatic rings. The highest BCUT2D eigenvalue weighted by molar-refractivity contribution is 5.81. The predicted octanol–water partition coefficient (Wildman–Crippen LogP) is 0.777. The molecule has 0 rings (SSSR count). The van der Waals surface area contributed by atoms with Crippen LogP contribution in [0, 0.1) is 0 Å². The third-order valence-electron chi connectivity index (χ3n) is 2.06. The highest BCUT2D eigenvalue weighted by Gasteiger charge is 2.37. The van der Waals surface area contributed by atoms with Crippen molar-refractivity contribution < 1.29 is 24.2 Å². The summed E-state index contributed by atoms with van der Waals surface area (Å²) >= 11 is 0. The molecule has 0 fully saturated rings. The minimum Gasteiger partial charge on any atom is -0.480 e. The molecule has 0 saturated heterocycles. The number of methoxy groups -OCH3 is 1. The van der Waals surface area contributed by atoms with Gasteiger partial charge in [-0.3, -0.25) is 0 Å². The zero-order chi connectivity index (χ0) is 12.8. The average Bonchev–Trinajstić information content (AvgIpc) is 2.22. The molecule has 0 aliphatic heterocycles. The second kappa shape index (κ2) is 6.12. The molecule has 0 aromatic carbocycles. The van der Waals surface area contributed by atoms with E-state index < -0.39 is 23.7 Å². The second-order valence-corrected chi connectivity index (χ2v) is 3.61. The molecule has 0 spiro atoms. The third kappa shape index (κ3) is 4.31. The Morgan fingerprint density at radius 1 is 1.56 bits per heavy atom. The first-order chi connectivity index (χ1) is 7.35. The first-order valence-electron chi connectivity index (χ1n) is 4.67. The van der Waals surface area contributed by atoms with Gasteiger partial charge < -0.3 is 19.9 Å². The third-order valence-corrected chi connectivity index (χ3v) is 2.06. The summed E-state index contributed by atoms with van der Waals surface area (Å²) in [5.41, 5.74) is -1.03. The molecule has 16 heavy (non-hydrogen) atoms. The van der Waals surface area contributed by atoms with E-state index in [1.807, 2.05) is 0 Å². The van der Waals surface area contributed by atoms with Crippen LogP contribution in [0.15, 0.2) is 12.7 Å². The Hall–Kier alpha value is -1.56. The van der Waals surface area contributed by atoms with Crippen molar-refractivity contribution in [3.8, 4) is 0 Å². The maximum Gasteiger partial charge on any atom is 0.408 e. The lowest BCUT2D eigenvalue weighted by atomic mass is 9.99. The molecular formula is C10H17NO5. The van der Waals surface area contributed by atoms with Gasteiger partial charge in [-0.2, -0.15) is 0 Å². The number of ether oxygens (including phenoxy) is 2. The van der Waals surface area contributed by atoms with E-state index in [1.165, 1.54) is 13.2 Å². The van der Waals surface area contributed by atoms with E-state index in [2.05, 4.69) is 16.6 Å². The van der Waals surface area contributed by atoms with Gasteiger partial charge in [-0.15, -0.1) is 0 Å². The number of carboxylic acid groups (broad SMARTS) is 1. The normalized spacial score (nSPS) is 12.7. The van der Waals surface area contributed by atoms with Gasteiger partial charge in [0.2, 0.25) is 0 Å². The van der Waals surface area contributed by atoms with Crippen LogP contribution in [-0.2, 0) is 14.3 Å². The van der Waals surface area contributed by atoms with Crippen molar-refractivity contribution in [2.24, 2.45) is 0 Å². The van der Waals surface area contributed by atoms with Gasteiger partial charge in [-0.1, -0.05) is 12.7 Å². The number of carbonyl (C=O) groups excluding carboxylic acids is 1. The lowest BCUT2D eigenvalue weighted by molar-refractivity contribution is -0.147. The summed E-state index contributed by atoms with van der Waals surface area (Å²) in [7, 11) is 1.37. The minimum absolute atomic E-state index is 0.0194. The average molecular weight is 231 g/mol. The molecule has 0 aliphatic carbocycles. The van der Waals surface area contributed by atoms with E-state index in [-0.39, 0.29) is 6.61 Å². The summed E-state index contributed by atoms with van der Waals surface area (Å²) in [6, 6.07) is -1.19. The van der Waals surface area contributed by atoms with Gasteiger partial charge >= 0.3 is 12.1 Å². The van der Waals surface area contributed by atoms with Crippen LogP contribution in [0.3, 0.4) is 0 Å². The van der Waals surface area contributed by atoms with E-state index in [9.17, 15) is 9.59 Å². The van der Waals surface area contributed by atoms with Gasteiger partial charge in [0.15, 0.2) is 6.04 Å². The predicted molar refractivity (Wildman–Crippen MR) is 57.2 cm³/mol. The Morgan fingerprint density at radius 3 is 2.50 bits per heavy atom. The molecular weight excluding hydrogens is 214 g/mol. The van der Waals surface area contributed by atoms with Crippen molar-refractivity contribution >= 4 is 12.1 Å². The Kier molecular flexibility index (Phi) is 5.52. The topological polar surface area (TPSA) is 84.9 Å². The molecule has 6 nitrogen and oxygen atoms in total. The molecule has 1 atom stereocenters. The van der Waals surface area contributed by atoms with E-state index in [0.29, 0.717) is 0 Å². The number of alkyl carbamates (subject to hydrolysis) is 1. The van der Waals surface area contributed by atoms with Crippen molar-refractivity contribution in [2.75, 3.05) is 13.7 Å². The molecule has 0 unspecified atom stereocenters. The smallest absolute Gasteiger partial charge is 0.408 e. The SMILES string of the molecule is C=CCOC(=O)N[C@H](C(=O)O)C(C)(C)OC. The Labute approximate surface area is 94.2 Å². The number of aliphatic carboxylic acids is 1. The molecule has 6 heteroatoms. The Morgan fingerprint density at radius 2 is 2.12 bits per heavy atom. The number of rotatable bonds is 6. The Balaban J connectivity index is 4.52. The van der Waals surface area contributed by atoms with Crippen molar-refractivity contribution in [1.82, 2.24) is 5.32 Å². The van der Waals surface area contributed by atoms with Crippen LogP contribution in [0.4, 0.5) is 4.79 Å². The molecule has 0 saturated carbocycles. The molecule has 0 bridgehead atoms. The van der Waals surface area contributed by atoms with Gasteiger partial charge in [0.1, 0.15) is 6.61 Å². The first-order valence-corrected chi connectivity index (χ1v) is 4.67.